The highest BCUT2D eigenvalue weighted by atomic mass is 16.7. The first kappa shape index (κ1) is 26.1. The van der Waals surface area contributed by atoms with Crippen LogP contribution in [0.1, 0.15) is 110 Å². The Morgan fingerprint density at radius 3 is 1.73 bits per heavy atom. The second kappa shape index (κ2) is 16.8. The molecule has 0 saturated carbocycles. The molecule has 1 fully saturated rings. The summed E-state index contributed by atoms with van der Waals surface area (Å²) >= 11 is 0. The normalized spacial score (nSPS) is 13.7. The minimum Gasteiger partial charge on any atom is -0.370 e. The summed E-state index contributed by atoms with van der Waals surface area (Å²) in [6.07, 6.45) is 16.4. The van der Waals surface area contributed by atoms with Crippen LogP contribution in [-0.2, 0) is 28.9 Å². The van der Waals surface area contributed by atoms with Crippen LogP contribution in [0.25, 0.3) is 0 Å². The van der Waals surface area contributed by atoms with E-state index in [1.54, 1.807) is 0 Å². The number of unbranched alkanes of at least 4 members (excludes halogenated alkanes) is 12. The first-order chi connectivity index (χ1) is 14.5. The monoisotopic (exact) mass is 426 g/mol. The Morgan fingerprint density at radius 1 is 0.767 bits per heavy atom. The number of imide groups is 1. The van der Waals surface area contributed by atoms with E-state index in [2.05, 4.69) is 17.2 Å². The van der Waals surface area contributed by atoms with Gasteiger partial charge in [0.1, 0.15) is 6.54 Å². The van der Waals surface area contributed by atoms with Crippen LogP contribution >= 0.6 is 0 Å². The number of nitrogens with one attached hydrogen (secondary N) is 1. The van der Waals surface area contributed by atoms with Gasteiger partial charge in [-0.3, -0.25) is 14.4 Å². The third-order valence-electron chi connectivity index (χ3n) is 5.09. The number of rotatable bonds is 18. The van der Waals surface area contributed by atoms with E-state index in [0.717, 1.165) is 19.3 Å². The van der Waals surface area contributed by atoms with Crippen molar-refractivity contribution in [2.45, 2.75) is 110 Å². The Bertz CT molecular complexity index is 522. The van der Waals surface area contributed by atoms with Crippen molar-refractivity contribution in [1.29, 1.82) is 0 Å². The van der Waals surface area contributed by atoms with Crippen molar-refractivity contribution in [3.8, 4) is 0 Å². The van der Waals surface area contributed by atoms with E-state index in [1.807, 2.05) is 0 Å². The summed E-state index contributed by atoms with van der Waals surface area (Å²) in [6.45, 7) is 1.81. The van der Waals surface area contributed by atoms with E-state index in [-0.39, 0.29) is 19.3 Å². The second-order valence-corrected chi connectivity index (χ2v) is 7.83. The van der Waals surface area contributed by atoms with Gasteiger partial charge in [0.25, 0.3) is 11.8 Å². The Balaban J connectivity index is 1.87. The molecular formula is C22H38N2O6. The Hall–Kier alpha value is -1.96. The van der Waals surface area contributed by atoms with Crippen LogP contribution in [0.5, 0.6) is 0 Å². The van der Waals surface area contributed by atoms with E-state index >= 15 is 0 Å². The van der Waals surface area contributed by atoms with Crippen molar-refractivity contribution in [3.05, 3.63) is 0 Å². The molecule has 1 heterocycles. The van der Waals surface area contributed by atoms with Crippen molar-refractivity contribution < 1.29 is 28.9 Å². The molecule has 8 heteroatoms. The largest absolute Gasteiger partial charge is 0.370 e. The molecule has 0 aliphatic carbocycles. The molecule has 0 aromatic carbocycles. The number of hydroxylamine groups is 3. The lowest BCUT2D eigenvalue weighted by Crippen LogP contribution is -2.36. The minimum atomic E-state index is -0.868. The van der Waals surface area contributed by atoms with Gasteiger partial charge in [0.05, 0.1) is 0 Å². The number of hydrogen-bond acceptors (Lipinski definition) is 7. The molecule has 0 bridgehead atoms. The molecule has 0 unspecified atom stereocenters. The maximum Gasteiger partial charge on any atom is 0.350 e. The first-order valence-corrected chi connectivity index (χ1v) is 11.5. The van der Waals surface area contributed by atoms with Crippen LogP contribution in [-0.4, -0.2) is 35.4 Å². The van der Waals surface area contributed by atoms with E-state index in [0.29, 0.717) is 5.06 Å². The molecule has 1 N–H and O–H groups in total. The number of hydrogen-bond donors (Lipinski definition) is 1. The molecule has 1 aliphatic rings. The first-order valence-electron chi connectivity index (χ1n) is 11.5. The summed E-state index contributed by atoms with van der Waals surface area (Å²) in [6, 6.07) is 0. The van der Waals surface area contributed by atoms with Gasteiger partial charge in [-0.05, 0) is 6.42 Å². The highest BCUT2D eigenvalue weighted by Gasteiger charge is 2.32. The molecule has 8 nitrogen and oxygen atoms in total. The van der Waals surface area contributed by atoms with Gasteiger partial charge >= 0.3 is 11.9 Å². The van der Waals surface area contributed by atoms with Gasteiger partial charge in [0, 0.05) is 19.3 Å². The smallest absolute Gasteiger partial charge is 0.350 e. The van der Waals surface area contributed by atoms with Crippen LogP contribution in [0.4, 0.5) is 0 Å². The fourth-order valence-corrected chi connectivity index (χ4v) is 3.31. The summed E-state index contributed by atoms with van der Waals surface area (Å²) < 4.78 is 0. The quantitative estimate of drug-likeness (QED) is 0.200. The van der Waals surface area contributed by atoms with Gasteiger partial charge in [-0.2, -0.15) is 0 Å². The van der Waals surface area contributed by atoms with Gasteiger partial charge in [-0.15, -0.1) is 10.5 Å². The van der Waals surface area contributed by atoms with Gasteiger partial charge in [0.2, 0.25) is 0 Å². The standard InChI is InChI=1S/C22H38N2O6/c1-2-3-4-5-6-7-8-9-10-11-12-13-14-15-21(27)29-23-18-22(28)30-24-19(25)16-17-20(24)26/h23H,2-18H2,1H3. The number of amides is 2. The van der Waals surface area contributed by atoms with E-state index in [1.165, 1.54) is 64.2 Å². The van der Waals surface area contributed by atoms with Crippen molar-refractivity contribution >= 4 is 23.8 Å². The van der Waals surface area contributed by atoms with Crippen LogP contribution in [0.15, 0.2) is 0 Å². The Labute approximate surface area is 179 Å². The third-order valence-corrected chi connectivity index (χ3v) is 5.09. The summed E-state index contributed by atoms with van der Waals surface area (Å²) in [5, 5.41) is 0.458. The van der Waals surface area contributed by atoms with E-state index < -0.39 is 30.3 Å². The molecule has 0 spiro atoms. The predicted molar refractivity (Wildman–Crippen MR) is 112 cm³/mol. The zero-order valence-electron chi connectivity index (χ0n) is 18.4. The van der Waals surface area contributed by atoms with Gasteiger partial charge in [0.15, 0.2) is 0 Å². The average Bonchev–Trinajstić information content (AvgIpc) is 3.03. The minimum absolute atomic E-state index is 0.0354. The maximum absolute atomic E-state index is 11.6. The number of carbonyl (C=O) groups excluding carboxylic acids is 4. The van der Waals surface area contributed by atoms with Crippen LogP contribution in [0.2, 0.25) is 0 Å². The maximum atomic E-state index is 11.6. The molecule has 1 rings (SSSR count). The molecule has 1 saturated heterocycles. The van der Waals surface area contributed by atoms with Crippen molar-refractivity contribution in [1.82, 2.24) is 10.5 Å². The van der Waals surface area contributed by atoms with Crippen LogP contribution < -0.4 is 5.48 Å². The second-order valence-electron chi connectivity index (χ2n) is 7.83. The highest BCUT2D eigenvalue weighted by Crippen LogP contribution is 2.13. The molecule has 0 aromatic rings. The fourth-order valence-electron chi connectivity index (χ4n) is 3.31. The van der Waals surface area contributed by atoms with Gasteiger partial charge in [-0.25, -0.2) is 4.79 Å². The summed E-state index contributed by atoms with van der Waals surface area (Å²) in [4.78, 5) is 55.2. The van der Waals surface area contributed by atoms with Crippen molar-refractivity contribution in [2.75, 3.05) is 6.54 Å². The summed E-state index contributed by atoms with van der Waals surface area (Å²) in [5.74, 6) is -2.41. The molecule has 30 heavy (non-hydrogen) atoms. The molecule has 0 radical (unpaired) electrons. The zero-order chi connectivity index (χ0) is 22.0. The summed E-state index contributed by atoms with van der Waals surface area (Å²) in [5.41, 5.74) is 2.21. The van der Waals surface area contributed by atoms with Crippen LogP contribution in [0.3, 0.4) is 0 Å². The van der Waals surface area contributed by atoms with E-state index in [4.69, 9.17) is 4.84 Å². The zero-order valence-corrected chi connectivity index (χ0v) is 18.4. The molecule has 0 atom stereocenters. The lowest BCUT2D eigenvalue weighted by atomic mass is 10.0. The predicted octanol–water partition coefficient (Wildman–Crippen LogP) is 4.12. The van der Waals surface area contributed by atoms with Gasteiger partial charge < -0.3 is 9.68 Å². The number of carbonyl (C=O) groups is 4. The summed E-state index contributed by atoms with van der Waals surface area (Å²) in [7, 11) is 0. The lowest BCUT2D eigenvalue weighted by molar-refractivity contribution is -0.198. The highest BCUT2D eigenvalue weighted by molar-refractivity contribution is 6.01. The molecule has 1 aliphatic heterocycles. The van der Waals surface area contributed by atoms with Crippen molar-refractivity contribution in [2.24, 2.45) is 0 Å². The molecular weight excluding hydrogens is 388 g/mol. The molecule has 172 valence electrons. The lowest BCUT2D eigenvalue weighted by Gasteiger charge is -2.12. The topological polar surface area (TPSA) is 102 Å². The molecule has 2 amide bonds. The Morgan fingerprint density at radius 2 is 1.23 bits per heavy atom. The van der Waals surface area contributed by atoms with Crippen LogP contribution in [0, 0.1) is 0 Å². The third kappa shape index (κ3) is 12.6. The average molecular weight is 427 g/mol. The SMILES string of the molecule is CCCCCCCCCCCCCCCC(=O)ONCC(=O)ON1C(=O)CCC1=O. The van der Waals surface area contributed by atoms with E-state index in [9.17, 15) is 19.2 Å². The van der Waals surface area contributed by atoms with Crippen molar-refractivity contribution in [3.63, 3.8) is 0 Å². The fraction of sp³-hybridized carbons (Fsp3) is 0.818. The van der Waals surface area contributed by atoms with Gasteiger partial charge in [-0.1, -0.05) is 84.0 Å². The number of nitrogens with zero attached hydrogens (tertiary/aromatic N) is 1. The Kier molecular flexibility index (Phi) is 14.6. The molecule has 0 aromatic heterocycles.